The molecule has 0 aliphatic heterocycles. The first kappa shape index (κ1) is 15.5. The highest BCUT2D eigenvalue weighted by Gasteiger charge is 2.13. The Labute approximate surface area is 116 Å². The Kier molecular flexibility index (Phi) is 7.40. The van der Waals surface area contributed by atoms with Gasteiger partial charge in [0.05, 0.1) is 0 Å². The molecule has 1 N–H and O–H groups in total. The molecule has 0 radical (unpaired) electrons. The van der Waals surface area contributed by atoms with Crippen LogP contribution in [-0.2, 0) is 0 Å². The van der Waals surface area contributed by atoms with Gasteiger partial charge in [-0.15, -0.1) is 11.8 Å². The van der Waals surface area contributed by atoms with Gasteiger partial charge in [0.15, 0.2) is 0 Å². The van der Waals surface area contributed by atoms with Crippen LogP contribution < -0.4 is 5.32 Å². The van der Waals surface area contributed by atoms with E-state index in [1.807, 2.05) is 18.8 Å². The van der Waals surface area contributed by atoms with Crippen molar-refractivity contribution in [2.45, 2.75) is 30.7 Å². The van der Waals surface area contributed by atoms with Gasteiger partial charge in [-0.25, -0.2) is 0 Å². The highest BCUT2D eigenvalue weighted by Crippen LogP contribution is 2.26. The predicted octanol–water partition coefficient (Wildman–Crippen LogP) is 3.40. The quantitative estimate of drug-likeness (QED) is 0.573. The first-order chi connectivity index (χ1) is 8.69. The molecule has 1 atom stereocenters. The van der Waals surface area contributed by atoms with Crippen molar-refractivity contribution >= 4 is 11.8 Å². The van der Waals surface area contributed by atoms with Gasteiger partial charge >= 0.3 is 0 Å². The first-order valence-electron chi connectivity index (χ1n) is 6.72. The van der Waals surface area contributed by atoms with E-state index in [2.05, 4.69) is 55.5 Å². The summed E-state index contributed by atoms with van der Waals surface area (Å²) in [5, 5.41) is 3.22. The standard InChI is InChI=1S/C15H26N2S/c1-5-18-14-10-8-13(9-11-14)15(17(3)4)7-6-12-16-2/h8-11,15-16H,5-7,12H2,1-4H3. The van der Waals surface area contributed by atoms with Crippen molar-refractivity contribution in [3.05, 3.63) is 29.8 Å². The maximum atomic E-state index is 3.22. The lowest BCUT2D eigenvalue weighted by atomic mass is 10.0. The number of rotatable bonds is 8. The van der Waals surface area contributed by atoms with Gasteiger partial charge in [0.25, 0.3) is 0 Å². The van der Waals surface area contributed by atoms with E-state index in [9.17, 15) is 0 Å². The summed E-state index contributed by atoms with van der Waals surface area (Å²) in [6.45, 7) is 3.28. The molecule has 1 unspecified atom stereocenters. The molecule has 0 spiro atoms. The molecule has 0 saturated heterocycles. The van der Waals surface area contributed by atoms with E-state index < -0.39 is 0 Å². The molecule has 1 aromatic carbocycles. The van der Waals surface area contributed by atoms with Crippen molar-refractivity contribution in [1.29, 1.82) is 0 Å². The predicted molar refractivity (Wildman–Crippen MR) is 82.4 cm³/mol. The number of nitrogens with one attached hydrogen (secondary N) is 1. The van der Waals surface area contributed by atoms with Crippen molar-refractivity contribution in [2.75, 3.05) is 33.4 Å². The molecule has 0 bridgehead atoms. The number of thioether (sulfide) groups is 1. The summed E-state index contributed by atoms with van der Waals surface area (Å²) in [7, 11) is 6.35. The van der Waals surface area contributed by atoms with Crippen LogP contribution in [-0.4, -0.2) is 38.3 Å². The lowest BCUT2D eigenvalue weighted by molar-refractivity contribution is 0.279. The Bertz CT molecular complexity index is 322. The Hall–Kier alpha value is -0.510. The van der Waals surface area contributed by atoms with Gasteiger partial charge < -0.3 is 10.2 Å². The SMILES string of the molecule is CCSc1ccc(C(CCCNC)N(C)C)cc1. The maximum Gasteiger partial charge on any atom is 0.0342 e. The van der Waals surface area contributed by atoms with Gasteiger partial charge in [-0.05, 0) is 64.0 Å². The van der Waals surface area contributed by atoms with E-state index in [1.165, 1.54) is 23.3 Å². The molecule has 1 aromatic rings. The van der Waals surface area contributed by atoms with E-state index in [1.54, 1.807) is 0 Å². The molecule has 0 aliphatic rings. The average Bonchev–Trinajstić information content (AvgIpc) is 2.36. The summed E-state index contributed by atoms with van der Waals surface area (Å²) in [6.07, 6.45) is 2.42. The fourth-order valence-electron chi connectivity index (χ4n) is 2.15. The van der Waals surface area contributed by atoms with Crippen LogP contribution in [0.2, 0.25) is 0 Å². The second-order valence-electron chi connectivity index (χ2n) is 4.73. The molecule has 0 heterocycles. The number of hydrogen-bond donors (Lipinski definition) is 1. The zero-order valence-electron chi connectivity index (χ0n) is 12.1. The van der Waals surface area contributed by atoms with Crippen LogP contribution >= 0.6 is 11.8 Å². The molecular formula is C15H26N2S. The topological polar surface area (TPSA) is 15.3 Å². The van der Waals surface area contributed by atoms with Crippen molar-refractivity contribution in [3.63, 3.8) is 0 Å². The zero-order chi connectivity index (χ0) is 13.4. The largest absolute Gasteiger partial charge is 0.320 e. The highest BCUT2D eigenvalue weighted by atomic mass is 32.2. The zero-order valence-corrected chi connectivity index (χ0v) is 12.9. The summed E-state index contributed by atoms with van der Waals surface area (Å²) >= 11 is 1.90. The van der Waals surface area contributed by atoms with Crippen LogP contribution in [0.15, 0.2) is 29.2 Å². The molecule has 0 aliphatic carbocycles. The van der Waals surface area contributed by atoms with E-state index >= 15 is 0 Å². The second kappa shape index (κ2) is 8.57. The lowest BCUT2D eigenvalue weighted by Gasteiger charge is -2.25. The summed E-state index contributed by atoms with van der Waals surface area (Å²) in [6, 6.07) is 9.58. The van der Waals surface area contributed by atoms with Crippen LogP contribution in [0.25, 0.3) is 0 Å². The average molecular weight is 266 g/mol. The summed E-state index contributed by atoms with van der Waals surface area (Å²) < 4.78 is 0. The van der Waals surface area contributed by atoms with E-state index in [0.717, 1.165) is 12.3 Å². The third kappa shape index (κ3) is 5.01. The lowest BCUT2D eigenvalue weighted by Crippen LogP contribution is -2.21. The molecule has 0 aromatic heterocycles. The van der Waals surface area contributed by atoms with Gasteiger partial charge in [0.2, 0.25) is 0 Å². The molecule has 0 fully saturated rings. The number of hydrogen-bond acceptors (Lipinski definition) is 3. The Morgan fingerprint density at radius 1 is 1.22 bits per heavy atom. The van der Waals surface area contributed by atoms with Crippen LogP contribution in [0.4, 0.5) is 0 Å². The normalized spacial score (nSPS) is 12.9. The van der Waals surface area contributed by atoms with Crippen LogP contribution in [0.1, 0.15) is 31.4 Å². The van der Waals surface area contributed by atoms with Crippen molar-refractivity contribution in [2.24, 2.45) is 0 Å². The van der Waals surface area contributed by atoms with Crippen LogP contribution in [0.5, 0.6) is 0 Å². The minimum atomic E-state index is 0.527. The third-order valence-corrected chi connectivity index (χ3v) is 4.00. The van der Waals surface area contributed by atoms with Crippen molar-refractivity contribution in [3.8, 4) is 0 Å². The molecule has 0 saturated carbocycles. The number of nitrogens with zero attached hydrogens (tertiary/aromatic N) is 1. The summed E-state index contributed by atoms with van der Waals surface area (Å²) in [5.41, 5.74) is 1.43. The molecule has 0 amide bonds. The minimum absolute atomic E-state index is 0.527. The van der Waals surface area contributed by atoms with Gasteiger partial charge in [-0.1, -0.05) is 19.1 Å². The molecular weight excluding hydrogens is 240 g/mol. The van der Waals surface area contributed by atoms with Crippen LogP contribution in [0.3, 0.4) is 0 Å². The fraction of sp³-hybridized carbons (Fsp3) is 0.600. The summed E-state index contributed by atoms with van der Waals surface area (Å²) in [4.78, 5) is 3.69. The van der Waals surface area contributed by atoms with Crippen molar-refractivity contribution < 1.29 is 0 Å². The van der Waals surface area contributed by atoms with Gasteiger partial charge in [0.1, 0.15) is 0 Å². The van der Waals surface area contributed by atoms with Gasteiger partial charge in [0, 0.05) is 10.9 Å². The molecule has 2 nitrogen and oxygen atoms in total. The van der Waals surface area contributed by atoms with E-state index in [0.29, 0.717) is 6.04 Å². The Balaban J connectivity index is 2.66. The number of benzene rings is 1. The van der Waals surface area contributed by atoms with Gasteiger partial charge in [-0.3, -0.25) is 0 Å². The van der Waals surface area contributed by atoms with Gasteiger partial charge in [-0.2, -0.15) is 0 Å². The monoisotopic (exact) mass is 266 g/mol. The van der Waals surface area contributed by atoms with E-state index in [4.69, 9.17) is 0 Å². The third-order valence-electron chi connectivity index (χ3n) is 3.10. The maximum absolute atomic E-state index is 3.22. The smallest absolute Gasteiger partial charge is 0.0342 e. The van der Waals surface area contributed by atoms with Crippen molar-refractivity contribution in [1.82, 2.24) is 10.2 Å². The Morgan fingerprint density at radius 3 is 2.39 bits per heavy atom. The molecule has 1 rings (SSSR count). The Morgan fingerprint density at radius 2 is 1.89 bits per heavy atom. The molecule has 3 heteroatoms. The first-order valence-corrected chi connectivity index (χ1v) is 7.71. The van der Waals surface area contributed by atoms with Crippen LogP contribution in [0, 0.1) is 0 Å². The molecule has 18 heavy (non-hydrogen) atoms. The molecule has 102 valence electrons. The summed E-state index contributed by atoms with van der Waals surface area (Å²) in [5.74, 6) is 1.14. The highest BCUT2D eigenvalue weighted by molar-refractivity contribution is 7.99. The van der Waals surface area contributed by atoms with E-state index in [-0.39, 0.29) is 0 Å². The minimum Gasteiger partial charge on any atom is -0.320 e. The fourth-order valence-corrected chi connectivity index (χ4v) is 2.81. The second-order valence-corrected chi connectivity index (χ2v) is 6.06.